The van der Waals surface area contributed by atoms with Crippen LogP contribution in [0.4, 0.5) is 4.79 Å². The number of hydrogen-bond acceptors (Lipinski definition) is 4. The van der Waals surface area contributed by atoms with Crippen molar-refractivity contribution in [2.24, 2.45) is 0 Å². The number of carbonyl (C=O) groups excluding carboxylic acids is 1. The minimum atomic E-state index is -0.250. The third kappa shape index (κ3) is 4.78. The summed E-state index contributed by atoms with van der Waals surface area (Å²) in [5.41, 5.74) is 3.70. The lowest BCUT2D eigenvalue weighted by atomic mass is 10.1. The number of rotatable bonds is 7. The van der Waals surface area contributed by atoms with Gasteiger partial charge in [0.05, 0.1) is 26.1 Å². The Morgan fingerprint density at radius 1 is 1.00 bits per heavy atom. The zero-order valence-corrected chi connectivity index (χ0v) is 15.3. The molecule has 1 aromatic heterocycles. The highest BCUT2D eigenvalue weighted by Gasteiger charge is 2.09. The normalized spacial score (nSPS) is 10.3. The molecule has 2 aromatic carbocycles. The zero-order chi connectivity index (χ0) is 19.1. The number of benzene rings is 2. The molecule has 3 N–H and O–H groups in total. The van der Waals surface area contributed by atoms with Gasteiger partial charge < -0.3 is 20.1 Å². The molecule has 0 radical (unpaired) electrons. The largest absolute Gasteiger partial charge is 0.497 e. The standard InChI is InChI=1S/C20H22N4O3/c1-26-17-8-6-15(7-9-17)19-16(13-23-24-19)12-22-20(25)21-11-14-4-3-5-18(10-14)27-2/h3-10,13H,11-12H2,1-2H3,(H,23,24)(H2,21,22,25). The molecule has 0 atom stereocenters. The predicted molar refractivity (Wildman–Crippen MR) is 103 cm³/mol. The summed E-state index contributed by atoms with van der Waals surface area (Å²) in [6, 6.07) is 15.0. The molecule has 7 nitrogen and oxygen atoms in total. The van der Waals surface area contributed by atoms with Crippen LogP contribution in [0, 0.1) is 0 Å². The smallest absolute Gasteiger partial charge is 0.315 e. The molecule has 0 bridgehead atoms. The molecule has 2 amide bonds. The van der Waals surface area contributed by atoms with E-state index in [2.05, 4.69) is 20.8 Å². The van der Waals surface area contributed by atoms with Crippen molar-refractivity contribution in [1.29, 1.82) is 0 Å². The zero-order valence-electron chi connectivity index (χ0n) is 15.3. The highest BCUT2D eigenvalue weighted by atomic mass is 16.5. The summed E-state index contributed by atoms with van der Waals surface area (Å²) in [5, 5.41) is 12.8. The highest BCUT2D eigenvalue weighted by molar-refractivity contribution is 5.74. The summed E-state index contributed by atoms with van der Waals surface area (Å²) >= 11 is 0. The predicted octanol–water partition coefficient (Wildman–Crippen LogP) is 3.09. The minimum absolute atomic E-state index is 0.250. The van der Waals surface area contributed by atoms with Gasteiger partial charge in [-0.25, -0.2) is 4.79 Å². The topological polar surface area (TPSA) is 88.3 Å². The van der Waals surface area contributed by atoms with Gasteiger partial charge >= 0.3 is 6.03 Å². The van der Waals surface area contributed by atoms with Crippen LogP contribution in [-0.4, -0.2) is 30.4 Å². The lowest BCUT2D eigenvalue weighted by Crippen LogP contribution is -2.34. The summed E-state index contributed by atoms with van der Waals surface area (Å²) in [4.78, 5) is 12.1. The van der Waals surface area contributed by atoms with E-state index < -0.39 is 0 Å². The second-order valence-corrected chi connectivity index (χ2v) is 5.89. The first-order valence-electron chi connectivity index (χ1n) is 8.51. The van der Waals surface area contributed by atoms with Gasteiger partial charge in [0.2, 0.25) is 0 Å². The average molecular weight is 366 g/mol. The van der Waals surface area contributed by atoms with Crippen molar-refractivity contribution in [3.8, 4) is 22.8 Å². The Morgan fingerprint density at radius 3 is 2.48 bits per heavy atom. The van der Waals surface area contributed by atoms with Gasteiger partial charge in [-0.05, 0) is 42.0 Å². The van der Waals surface area contributed by atoms with Crippen molar-refractivity contribution in [2.45, 2.75) is 13.1 Å². The summed E-state index contributed by atoms with van der Waals surface area (Å²) in [7, 11) is 3.25. The van der Waals surface area contributed by atoms with E-state index in [4.69, 9.17) is 9.47 Å². The number of nitrogens with one attached hydrogen (secondary N) is 3. The molecular weight excluding hydrogens is 344 g/mol. The number of methoxy groups -OCH3 is 2. The maximum absolute atomic E-state index is 12.1. The molecule has 0 aliphatic rings. The number of hydrogen-bond donors (Lipinski definition) is 3. The first-order valence-corrected chi connectivity index (χ1v) is 8.51. The molecule has 0 spiro atoms. The fourth-order valence-corrected chi connectivity index (χ4v) is 2.66. The van der Waals surface area contributed by atoms with Crippen LogP contribution in [0.25, 0.3) is 11.3 Å². The Labute approximate surface area is 157 Å². The van der Waals surface area contributed by atoms with Crippen LogP contribution in [-0.2, 0) is 13.1 Å². The Balaban J connectivity index is 1.55. The van der Waals surface area contributed by atoms with Crippen LogP contribution in [0.5, 0.6) is 11.5 Å². The first-order chi connectivity index (χ1) is 13.2. The van der Waals surface area contributed by atoms with Gasteiger partial charge in [-0.2, -0.15) is 5.10 Å². The molecule has 3 aromatic rings. The van der Waals surface area contributed by atoms with Gasteiger partial charge in [-0.15, -0.1) is 0 Å². The molecule has 3 rings (SSSR count). The first kappa shape index (κ1) is 18.3. The molecule has 27 heavy (non-hydrogen) atoms. The monoisotopic (exact) mass is 366 g/mol. The highest BCUT2D eigenvalue weighted by Crippen LogP contribution is 2.23. The van der Waals surface area contributed by atoms with E-state index in [1.54, 1.807) is 20.4 Å². The van der Waals surface area contributed by atoms with Crippen molar-refractivity contribution in [3.05, 3.63) is 65.9 Å². The van der Waals surface area contributed by atoms with Crippen molar-refractivity contribution in [1.82, 2.24) is 20.8 Å². The Bertz CT molecular complexity index is 890. The Morgan fingerprint density at radius 2 is 1.74 bits per heavy atom. The number of H-pyrrole nitrogens is 1. The average Bonchev–Trinajstić information content (AvgIpc) is 3.19. The number of nitrogens with zero attached hydrogens (tertiary/aromatic N) is 1. The maximum Gasteiger partial charge on any atom is 0.315 e. The second kappa shape index (κ2) is 8.75. The van der Waals surface area contributed by atoms with Crippen LogP contribution in [0.1, 0.15) is 11.1 Å². The summed E-state index contributed by atoms with van der Waals surface area (Å²) in [6.07, 6.45) is 1.71. The molecular formula is C20H22N4O3. The molecule has 0 unspecified atom stereocenters. The fraction of sp³-hybridized carbons (Fsp3) is 0.200. The van der Waals surface area contributed by atoms with Crippen LogP contribution in [0.3, 0.4) is 0 Å². The van der Waals surface area contributed by atoms with Gasteiger partial charge in [-0.3, -0.25) is 5.10 Å². The molecule has 0 aliphatic heterocycles. The lowest BCUT2D eigenvalue weighted by Gasteiger charge is -2.09. The minimum Gasteiger partial charge on any atom is -0.497 e. The van der Waals surface area contributed by atoms with Gasteiger partial charge in [0.1, 0.15) is 11.5 Å². The van der Waals surface area contributed by atoms with Gasteiger partial charge in [-0.1, -0.05) is 12.1 Å². The molecule has 1 heterocycles. The van der Waals surface area contributed by atoms with Crippen LogP contribution >= 0.6 is 0 Å². The number of aromatic nitrogens is 2. The van der Waals surface area contributed by atoms with E-state index >= 15 is 0 Å². The molecule has 140 valence electrons. The number of ether oxygens (including phenoxy) is 2. The van der Waals surface area contributed by atoms with Gasteiger partial charge in [0.15, 0.2) is 0 Å². The SMILES string of the molecule is COc1ccc(-c2[nH]ncc2CNC(=O)NCc2cccc(OC)c2)cc1. The van der Waals surface area contributed by atoms with E-state index in [-0.39, 0.29) is 6.03 Å². The lowest BCUT2D eigenvalue weighted by molar-refractivity contribution is 0.240. The number of urea groups is 1. The Kier molecular flexibility index (Phi) is 5.94. The van der Waals surface area contributed by atoms with Crippen molar-refractivity contribution >= 4 is 6.03 Å². The third-order valence-electron chi connectivity index (χ3n) is 4.12. The quantitative estimate of drug-likeness (QED) is 0.600. The molecule has 7 heteroatoms. The van der Waals surface area contributed by atoms with Gasteiger partial charge in [0, 0.05) is 24.2 Å². The van der Waals surface area contributed by atoms with E-state index in [0.29, 0.717) is 13.1 Å². The van der Waals surface area contributed by atoms with E-state index in [1.807, 2.05) is 48.5 Å². The number of aromatic amines is 1. The van der Waals surface area contributed by atoms with Gasteiger partial charge in [0.25, 0.3) is 0 Å². The fourth-order valence-electron chi connectivity index (χ4n) is 2.66. The second-order valence-electron chi connectivity index (χ2n) is 5.89. The number of amides is 2. The molecule has 0 aliphatic carbocycles. The number of carbonyl (C=O) groups is 1. The summed E-state index contributed by atoms with van der Waals surface area (Å²) in [5.74, 6) is 1.55. The van der Waals surface area contributed by atoms with E-state index in [9.17, 15) is 4.79 Å². The third-order valence-corrected chi connectivity index (χ3v) is 4.12. The Hall–Kier alpha value is -3.48. The summed E-state index contributed by atoms with van der Waals surface area (Å²) in [6.45, 7) is 0.779. The van der Waals surface area contributed by atoms with Crippen molar-refractivity contribution in [3.63, 3.8) is 0 Å². The van der Waals surface area contributed by atoms with Crippen molar-refractivity contribution in [2.75, 3.05) is 14.2 Å². The summed E-state index contributed by atoms with van der Waals surface area (Å²) < 4.78 is 10.4. The van der Waals surface area contributed by atoms with Crippen LogP contribution in [0.2, 0.25) is 0 Å². The van der Waals surface area contributed by atoms with E-state index in [1.165, 1.54) is 0 Å². The van der Waals surface area contributed by atoms with Crippen LogP contribution in [0.15, 0.2) is 54.7 Å². The molecule has 0 saturated carbocycles. The molecule has 0 saturated heterocycles. The maximum atomic E-state index is 12.1. The van der Waals surface area contributed by atoms with E-state index in [0.717, 1.165) is 33.9 Å². The molecule has 0 fully saturated rings. The van der Waals surface area contributed by atoms with Crippen molar-refractivity contribution < 1.29 is 14.3 Å². The van der Waals surface area contributed by atoms with Crippen LogP contribution < -0.4 is 20.1 Å².